The van der Waals surface area contributed by atoms with E-state index in [1.165, 1.54) is 0 Å². The lowest BCUT2D eigenvalue weighted by molar-refractivity contribution is 0.673. The molecule has 5 heterocycles. The van der Waals surface area contributed by atoms with Crippen LogP contribution in [0.1, 0.15) is 0 Å². The molecule has 0 bridgehead atoms. The maximum absolute atomic E-state index is 6.58. The van der Waals surface area contributed by atoms with Crippen LogP contribution in [0.4, 0.5) is 0 Å². The van der Waals surface area contributed by atoms with E-state index in [-0.39, 0.29) is 0 Å². The third kappa shape index (κ3) is 4.05. The van der Waals surface area contributed by atoms with Crippen LogP contribution in [0.15, 0.2) is 168 Å². The Morgan fingerprint density at radius 1 is 0.444 bits per heavy atom. The highest BCUT2D eigenvalue weighted by Gasteiger charge is 2.22. The maximum Gasteiger partial charge on any atom is 0.237 e. The summed E-state index contributed by atoms with van der Waals surface area (Å²) >= 11 is 0. The third-order valence-electron chi connectivity index (χ3n) is 10.8. The Morgan fingerprint density at radius 2 is 1.13 bits per heavy atom. The minimum Gasteiger partial charge on any atom is -0.455 e. The SMILES string of the molecule is c1ccc(-c2nc(-n3c4ccc(-c5nc6c7ccccc7c7oc8ccccc8c7c6c6ccccc56)cc4c4cccnc43)nc3ccccc23)cc1. The molecule has 7 aromatic carbocycles. The highest BCUT2D eigenvalue weighted by molar-refractivity contribution is 6.35. The summed E-state index contributed by atoms with van der Waals surface area (Å²) in [6.07, 6.45) is 1.83. The summed E-state index contributed by atoms with van der Waals surface area (Å²) in [6.45, 7) is 0. The topological polar surface area (TPSA) is 69.6 Å². The van der Waals surface area contributed by atoms with E-state index in [9.17, 15) is 0 Å². The molecule has 0 N–H and O–H groups in total. The summed E-state index contributed by atoms with van der Waals surface area (Å²) in [5.41, 5.74) is 9.26. The molecule has 0 saturated carbocycles. The lowest BCUT2D eigenvalue weighted by Gasteiger charge is -2.14. The maximum atomic E-state index is 6.58. The number of nitrogens with zero attached hydrogens (tertiary/aromatic N) is 5. The second-order valence-electron chi connectivity index (χ2n) is 13.8. The molecule has 0 amide bonds. The molecule has 0 unspecified atom stereocenters. The first kappa shape index (κ1) is 29.2. The normalized spacial score (nSPS) is 12.1. The fraction of sp³-hybridized carbons (Fsp3) is 0. The zero-order valence-corrected chi connectivity index (χ0v) is 28.7. The quantitative estimate of drug-likeness (QED) is 0.173. The minimum absolute atomic E-state index is 0.580. The van der Waals surface area contributed by atoms with Crippen LogP contribution in [0.2, 0.25) is 0 Å². The molecule has 0 radical (unpaired) electrons. The van der Waals surface area contributed by atoms with Crippen molar-refractivity contribution >= 4 is 87.2 Å². The molecule has 0 aliphatic carbocycles. The Hall–Kier alpha value is -7.44. The third-order valence-corrected chi connectivity index (χ3v) is 10.8. The van der Waals surface area contributed by atoms with E-state index in [0.717, 1.165) is 110 Å². The molecule has 5 aromatic heterocycles. The summed E-state index contributed by atoms with van der Waals surface area (Å²) < 4.78 is 8.67. The average Bonchev–Trinajstić information content (AvgIpc) is 3.79. The van der Waals surface area contributed by atoms with Gasteiger partial charge >= 0.3 is 0 Å². The van der Waals surface area contributed by atoms with Crippen LogP contribution in [0.3, 0.4) is 0 Å². The van der Waals surface area contributed by atoms with Crippen LogP contribution in [0.25, 0.3) is 116 Å². The predicted octanol–water partition coefficient (Wildman–Crippen LogP) is 12.2. The lowest BCUT2D eigenvalue weighted by atomic mass is 9.93. The standard InChI is InChI=1S/C48H27N5O/c1-2-13-28(14-3-1)43-35-19-8-10-22-38(35)50-48(52-43)53-39-25-24-29(27-37(39)34-21-12-26-49-47(34)53)44-31-16-5-4-15-30(31)41-42-36-20-9-11-23-40(36)54-46(42)33-18-7-6-17-32(33)45(41)51-44/h1-27H. The van der Waals surface area contributed by atoms with Gasteiger partial charge in [-0.3, -0.25) is 4.57 Å². The zero-order chi connectivity index (χ0) is 35.3. The molecule has 6 heteroatoms. The van der Waals surface area contributed by atoms with E-state index in [0.29, 0.717) is 5.95 Å². The molecular weight excluding hydrogens is 663 g/mol. The van der Waals surface area contributed by atoms with Crippen molar-refractivity contribution in [1.82, 2.24) is 24.5 Å². The van der Waals surface area contributed by atoms with Gasteiger partial charge in [0.15, 0.2) is 0 Å². The molecule has 0 spiro atoms. The van der Waals surface area contributed by atoms with Crippen molar-refractivity contribution in [2.45, 2.75) is 0 Å². The Kier molecular flexibility index (Phi) is 5.96. The lowest BCUT2D eigenvalue weighted by Crippen LogP contribution is -2.04. The molecule has 54 heavy (non-hydrogen) atoms. The van der Waals surface area contributed by atoms with E-state index in [1.54, 1.807) is 0 Å². The van der Waals surface area contributed by atoms with Gasteiger partial charge in [0, 0.05) is 65.8 Å². The van der Waals surface area contributed by atoms with Crippen molar-refractivity contribution in [2.75, 3.05) is 0 Å². The number of furan rings is 1. The Morgan fingerprint density at radius 3 is 2.00 bits per heavy atom. The van der Waals surface area contributed by atoms with E-state index < -0.39 is 0 Å². The van der Waals surface area contributed by atoms with Gasteiger partial charge in [0.05, 0.1) is 27.9 Å². The molecule has 12 rings (SSSR count). The fourth-order valence-electron chi connectivity index (χ4n) is 8.48. The van der Waals surface area contributed by atoms with Gasteiger partial charge in [-0.25, -0.2) is 19.9 Å². The average molecular weight is 690 g/mol. The molecular formula is C48H27N5O. The predicted molar refractivity (Wildman–Crippen MR) is 220 cm³/mol. The number of hydrogen-bond acceptors (Lipinski definition) is 5. The van der Waals surface area contributed by atoms with Crippen LogP contribution in [-0.2, 0) is 0 Å². The van der Waals surface area contributed by atoms with E-state index in [2.05, 4.69) is 108 Å². The van der Waals surface area contributed by atoms with E-state index in [4.69, 9.17) is 24.4 Å². The van der Waals surface area contributed by atoms with Gasteiger partial charge < -0.3 is 4.42 Å². The van der Waals surface area contributed by atoms with Crippen LogP contribution in [-0.4, -0.2) is 24.5 Å². The summed E-state index contributed by atoms with van der Waals surface area (Å²) in [6, 6.07) is 54.6. The molecule has 12 aromatic rings. The van der Waals surface area contributed by atoms with Gasteiger partial charge in [-0.2, -0.15) is 0 Å². The van der Waals surface area contributed by atoms with Crippen LogP contribution in [0.5, 0.6) is 0 Å². The second kappa shape index (κ2) is 11.0. The van der Waals surface area contributed by atoms with Gasteiger partial charge in [0.2, 0.25) is 5.95 Å². The molecule has 0 atom stereocenters. The van der Waals surface area contributed by atoms with Crippen molar-refractivity contribution in [2.24, 2.45) is 0 Å². The Bertz CT molecular complexity index is 3510. The highest BCUT2D eigenvalue weighted by Crippen LogP contribution is 2.45. The minimum atomic E-state index is 0.580. The summed E-state index contributed by atoms with van der Waals surface area (Å²) in [4.78, 5) is 20.8. The first-order valence-corrected chi connectivity index (χ1v) is 18.1. The number of fused-ring (bicyclic) bond motifs is 14. The van der Waals surface area contributed by atoms with Crippen LogP contribution >= 0.6 is 0 Å². The number of benzene rings is 7. The fourth-order valence-corrected chi connectivity index (χ4v) is 8.48. The van der Waals surface area contributed by atoms with Gasteiger partial charge in [-0.15, -0.1) is 0 Å². The zero-order valence-electron chi connectivity index (χ0n) is 28.7. The molecule has 0 aliphatic heterocycles. The van der Waals surface area contributed by atoms with Gasteiger partial charge in [-0.1, -0.05) is 121 Å². The van der Waals surface area contributed by atoms with Crippen molar-refractivity contribution in [3.8, 4) is 28.5 Å². The number of aromatic nitrogens is 5. The summed E-state index contributed by atoms with van der Waals surface area (Å²) in [7, 11) is 0. The van der Waals surface area contributed by atoms with Crippen molar-refractivity contribution in [1.29, 1.82) is 0 Å². The largest absolute Gasteiger partial charge is 0.455 e. The van der Waals surface area contributed by atoms with Crippen molar-refractivity contribution in [3.63, 3.8) is 0 Å². The molecule has 250 valence electrons. The van der Waals surface area contributed by atoms with Gasteiger partial charge in [0.1, 0.15) is 16.8 Å². The van der Waals surface area contributed by atoms with Crippen molar-refractivity contribution < 1.29 is 4.42 Å². The van der Waals surface area contributed by atoms with E-state index >= 15 is 0 Å². The smallest absolute Gasteiger partial charge is 0.237 e. The monoisotopic (exact) mass is 689 g/mol. The number of rotatable bonds is 3. The van der Waals surface area contributed by atoms with Gasteiger partial charge in [-0.05, 0) is 41.8 Å². The number of pyridine rings is 2. The summed E-state index contributed by atoms with van der Waals surface area (Å²) in [5, 5.41) is 10.7. The number of hydrogen-bond donors (Lipinski definition) is 0. The summed E-state index contributed by atoms with van der Waals surface area (Å²) in [5.74, 6) is 0.580. The van der Waals surface area contributed by atoms with E-state index in [1.807, 2.05) is 60.8 Å². The second-order valence-corrected chi connectivity index (χ2v) is 13.8. The Balaban J connectivity index is 1.15. The molecule has 0 saturated heterocycles. The van der Waals surface area contributed by atoms with Crippen molar-refractivity contribution in [3.05, 3.63) is 164 Å². The molecule has 0 fully saturated rings. The highest BCUT2D eigenvalue weighted by atomic mass is 16.3. The molecule has 6 nitrogen and oxygen atoms in total. The Labute approximate surface area is 307 Å². The van der Waals surface area contributed by atoms with Gasteiger partial charge in [0.25, 0.3) is 0 Å². The molecule has 0 aliphatic rings. The number of para-hydroxylation sites is 2. The first-order chi connectivity index (χ1) is 26.8. The van der Waals surface area contributed by atoms with Crippen LogP contribution in [0, 0.1) is 0 Å². The van der Waals surface area contributed by atoms with Crippen LogP contribution < -0.4 is 0 Å². The first-order valence-electron chi connectivity index (χ1n) is 18.1.